The number of amides is 1. The monoisotopic (exact) mass is 229 g/mol. The van der Waals surface area contributed by atoms with Crippen LogP contribution in [-0.4, -0.2) is 23.6 Å². The van der Waals surface area contributed by atoms with Gasteiger partial charge >= 0.3 is 16.1 Å². The summed E-state index contributed by atoms with van der Waals surface area (Å²) < 4.78 is 28.1. The molecule has 0 fully saturated rings. The fraction of sp³-hybridized carbons (Fsp3) is 0. The molecule has 0 atom stereocenters. The SMILES string of the molecule is NC(=O)n1on1S(=O)(=O)c1ccccc1. The summed E-state index contributed by atoms with van der Waals surface area (Å²) in [6, 6.07) is 6.57. The summed E-state index contributed by atoms with van der Waals surface area (Å²) in [4.78, 5) is 11.0. The molecule has 0 saturated carbocycles. The number of aromatic nitrogens is 2. The van der Waals surface area contributed by atoms with Crippen LogP contribution in [0.2, 0.25) is 0 Å². The van der Waals surface area contributed by atoms with E-state index in [4.69, 9.17) is 5.73 Å². The molecule has 1 heterocycles. The molecule has 15 heavy (non-hydrogen) atoms. The van der Waals surface area contributed by atoms with Crippen molar-refractivity contribution >= 4 is 16.1 Å². The molecule has 2 rings (SSSR count). The number of hydrogen-bond acceptors (Lipinski definition) is 4. The number of primary amides is 1. The van der Waals surface area contributed by atoms with Crippen molar-refractivity contribution < 1.29 is 17.8 Å². The van der Waals surface area contributed by atoms with Gasteiger partial charge in [-0.1, -0.05) is 18.2 Å². The first kappa shape index (κ1) is 9.59. The molecule has 7 nitrogen and oxygen atoms in total. The molecule has 80 valence electrons. The first-order valence-electron chi connectivity index (χ1n) is 3.91. The van der Waals surface area contributed by atoms with Crippen molar-refractivity contribution in [3.8, 4) is 0 Å². The molecule has 0 aliphatic carbocycles. The molecule has 0 unspecified atom stereocenters. The highest BCUT2D eigenvalue weighted by Crippen LogP contribution is 2.15. The minimum atomic E-state index is -3.82. The van der Waals surface area contributed by atoms with Crippen LogP contribution in [0.15, 0.2) is 39.9 Å². The van der Waals surface area contributed by atoms with Gasteiger partial charge in [0.2, 0.25) is 0 Å². The summed E-state index contributed by atoms with van der Waals surface area (Å²) in [5.41, 5.74) is 4.82. The molecule has 1 aromatic heterocycles. The van der Waals surface area contributed by atoms with E-state index >= 15 is 0 Å². The number of hydrogen-bond donors (Lipinski definition) is 1. The fourth-order valence-electron chi connectivity index (χ4n) is 0.995. The van der Waals surface area contributed by atoms with Gasteiger partial charge in [-0.05, 0) is 12.1 Å². The van der Waals surface area contributed by atoms with E-state index in [-0.39, 0.29) is 4.90 Å². The second kappa shape index (κ2) is 3.02. The molecule has 0 saturated heterocycles. The third kappa shape index (κ3) is 1.54. The molecule has 0 aliphatic rings. The average molecular weight is 229 g/mol. The highest BCUT2D eigenvalue weighted by atomic mass is 32.2. The van der Waals surface area contributed by atoms with Crippen LogP contribution in [0.4, 0.5) is 4.79 Å². The summed E-state index contributed by atoms with van der Waals surface area (Å²) in [5, 5.41) is 0. The number of nitrogens with two attached hydrogens (primary N) is 1. The maximum atomic E-state index is 11.7. The average Bonchev–Trinajstić information content (AvgIpc) is 2.99. The quantitative estimate of drug-likeness (QED) is 0.785. The van der Waals surface area contributed by atoms with Gasteiger partial charge in [-0.3, -0.25) is 0 Å². The van der Waals surface area contributed by atoms with Crippen molar-refractivity contribution in [3.63, 3.8) is 0 Å². The summed E-state index contributed by atoms with van der Waals surface area (Å²) in [6.07, 6.45) is 0. The van der Waals surface area contributed by atoms with Gasteiger partial charge in [-0.15, -0.1) is 0 Å². The number of carbonyl (C=O) groups is 1. The van der Waals surface area contributed by atoms with E-state index in [0.29, 0.717) is 9.11 Å². The van der Waals surface area contributed by atoms with Gasteiger partial charge in [0, 0.05) is 9.11 Å². The van der Waals surface area contributed by atoms with Crippen LogP contribution >= 0.6 is 0 Å². The normalized spacial score (nSPS) is 11.7. The number of carbonyl (C=O) groups excluding carboxylic acids is 1. The lowest BCUT2D eigenvalue weighted by molar-refractivity contribution is 0.243. The number of benzene rings is 1. The van der Waals surface area contributed by atoms with Gasteiger partial charge in [-0.25, -0.2) is 9.42 Å². The van der Waals surface area contributed by atoms with Crippen molar-refractivity contribution in [1.29, 1.82) is 0 Å². The molecule has 0 spiro atoms. The Morgan fingerprint density at radius 2 is 1.87 bits per heavy atom. The molecule has 8 heteroatoms. The second-order valence-electron chi connectivity index (χ2n) is 2.72. The maximum absolute atomic E-state index is 11.7. The summed E-state index contributed by atoms with van der Waals surface area (Å²) >= 11 is 0. The predicted molar refractivity (Wildman–Crippen MR) is 48.7 cm³/mol. The van der Waals surface area contributed by atoms with Crippen molar-refractivity contribution in [2.45, 2.75) is 4.90 Å². The van der Waals surface area contributed by atoms with Crippen molar-refractivity contribution in [1.82, 2.24) is 9.11 Å². The van der Waals surface area contributed by atoms with Crippen LogP contribution in [0.5, 0.6) is 0 Å². The lowest BCUT2D eigenvalue weighted by Crippen LogP contribution is -2.19. The third-order valence-corrected chi connectivity index (χ3v) is 3.20. The summed E-state index contributed by atoms with van der Waals surface area (Å²) in [6.45, 7) is 0. The van der Waals surface area contributed by atoms with Crippen LogP contribution in [0.25, 0.3) is 0 Å². The number of nitrogens with zero attached hydrogens (tertiary/aromatic N) is 2. The highest BCUT2D eigenvalue weighted by molar-refractivity contribution is 7.89. The van der Waals surface area contributed by atoms with E-state index in [9.17, 15) is 13.2 Å². The van der Waals surface area contributed by atoms with E-state index < -0.39 is 16.1 Å². The second-order valence-corrected chi connectivity index (χ2v) is 4.45. The minimum absolute atomic E-state index is 0.0220. The van der Waals surface area contributed by atoms with Crippen LogP contribution in [0, 0.1) is 0 Å². The minimum Gasteiger partial charge on any atom is -0.347 e. The van der Waals surface area contributed by atoms with Gasteiger partial charge < -0.3 is 5.73 Å². The number of rotatable bonds is 2. The predicted octanol–water partition coefficient (Wildman–Crippen LogP) is 0.0464. The molecule has 2 aromatic rings. The molecule has 0 aliphatic heterocycles. The Kier molecular flexibility index (Phi) is 1.93. The van der Waals surface area contributed by atoms with Gasteiger partial charge in [0.05, 0.1) is 4.90 Å². The summed E-state index contributed by atoms with van der Waals surface area (Å²) in [5.74, 6) is 0. The Morgan fingerprint density at radius 1 is 1.27 bits per heavy atom. The molecule has 2 N–H and O–H groups in total. The smallest absolute Gasteiger partial charge is 0.347 e. The highest BCUT2D eigenvalue weighted by Gasteiger charge is 2.30. The van der Waals surface area contributed by atoms with Gasteiger partial charge in [-0.2, -0.15) is 8.42 Å². The van der Waals surface area contributed by atoms with E-state index in [1.165, 1.54) is 12.1 Å². The Labute approximate surface area is 84.6 Å². The van der Waals surface area contributed by atoms with E-state index in [0.717, 1.165) is 0 Å². The van der Waals surface area contributed by atoms with Crippen LogP contribution in [0.1, 0.15) is 0 Å². The van der Waals surface area contributed by atoms with Gasteiger partial charge in [0.1, 0.15) is 0 Å². The zero-order chi connectivity index (χ0) is 11.1. The molecular weight excluding hydrogens is 222 g/mol. The van der Waals surface area contributed by atoms with Crippen LogP contribution in [-0.2, 0) is 10.0 Å². The fourth-order valence-corrected chi connectivity index (χ4v) is 2.10. The third-order valence-electron chi connectivity index (χ3n) is 1.71. The standard InChI is InChI=1S/C7H7N3O4S/c8-7(11)9-10(14-9)15(12,13)6-4-2-1-3-5-6/h1-5H,(H2,8,11). The van der Waals surface area contributed by atoms with E-state index in [1.54, 1.807) is 18.2 Å². The largest absolute Gasteiger partial charge is 0.374 e. The molecule has 1 amide bonds. The van der Waals surface area contributed by atoms with E-state index in [1.807, 2.05) is 0 Å². The summed E-state index contributed by atoms with van der Waals surface area (Å²) in [7, 11) is -3.82. The van der Waals surface area contributed by atoms with Crippen LogP contribution in [0.3, 0.4) is 0 Å². The Balaban J connectivity index is 2.42. The molecule has 1 aromatic carbocycles. The first-order valence-corrected chi connectivity index (χ1v) is 5.35. The topological polar surface area (TPSA) is 100 Å². The molecular formula is C7H7N3O4S. The zero-order valence-corrected chi connectivity index (χ0v) is 8.22. The van der Waals surface area contributed by atoms with Crippen molar-refractivity contribution in [3.05, 3.63) is 30.3 Å². The first-order chi connectivity index (χ1) is 7.03. The lowest BCUT2D eigenvalue weighted by Gasteiger charge is -1.94. The maximum Gasteiger partial charge on any atom is 0.374 e. The Bertz CT molecular complexity index is 574. The van der Waals surface area contributed by atoms with Gasteiger partial charge in [0.25, 0.3) is 0 Å². The zero-order valence-electron chi connectivity index (χ0n) is 7.40. The van der Waals surface area contributed by atoms with Crippen molar-refractivity contribution in [2.24, 2.45) is 5.73 Å². The Morgan fingerprint density at radius 3 is 2.33 bits per heavy atom. The van der Waals surface area contributed by atoms with E-state index in [2.05, 4.69) is 4.63 Å². The van der Waals surface area contributed by atoms with Crippen LogP contribution < -0.4 is 5.73 Å². The molecule has 0 radical (unpaired) electrons. The lowest BCUT2D eigenvalue weighted by atomic mass is 10.4. The Hall–Kier alpha value is -1.96. The molecule has 0 bridgehead atoms. The van der Waals surface area contributed by atoms with Crippen molar-refractivity contribution in [2.75, 3.05) is 0 Å². The van der Waals surface area contributed by atoms with Gasteiger partial charge in [0.15, 0.2) is 0 Å².